The molecule has 7 heteroatoms. The molecule has 6 nitrogen and oxygen atoms in total. The van der Waals surface area contributed by atoms with E-state index in [1.807, 2.05) is 30.3 Å². The summed E-state index contributed by atoms with van der Waals surface area (Å²) in [5.41, 5.74) is 3.96. The Morgan fingerprint density at radius 3 is 2.53 bits per heavy atom. The second-order valence-corrected chi connectivity index (χ2v) is 7.36. The SMILES string of the molecule is CC(Oc1ccc(OCc2ccccc2)cc1)C(=O)N/N=C/c1cc(Br)ccc1O. The van der Waals surface area contributed by atoms with E-state index in [-0.39, 0.29) is 5.75 Å². The number of phenolic OH excluding ortho intramolecular Hbond substituents is 1. The van der Waals surface area contributed by atoms with Crippen molar-refractivity contribution in [1.82, 2.24) is 5.43 Å². The normalized spacial score (nSPS) is 11.8. The van der Waals surface area contributed by atoms with Gasteiger partial charge in [0.2, 0.25) is 0 Å². The zero-order valence-corrected chi connectivity index (χ0v) is 17.9. The smallest absolute Gasteiger partial charge is 0.280 e. The van der Waals surface area contributed by atoms with Crippen LogP contribution < -0.4 is 14.9 Å². The molecule has 154 valence electrons. The third kappa shape index (κ3) is 6.35. The molecule has 0 bridgehead atoms. The number of carbonyl (C=O) groups is 1. The Balaban J connectivity index is 1.48. The molecule has 0 aliphatic heterocycles. The number of nitrogens with zero attached hydrogens (tertiary/aromatic N) is 1. The van der Waals surface area contributed by atoms with E-state index in [4.69, 9.17) is 9.47 Å². The number of halogens is 1. The Kier molecular flexibility index (Phi) is 7.45. The first kappa shape index (κ1) is 21.4. The Bertz CT molecular complexity index is 1010. The van der Waals surface area contributed by atoms with Gasteiger partial charge in [0, 0.05) is 10.0 Å². The van der Waals surface area contributed by atoms with Crippen LogP contribution in [-0.4, -0.2) is 23.3 Å². The largest absolute Gasteiger partial charge is 0.507 e. The Hall–Kier alpha value is -3.32. The van der Waals surface area contributed by atoms with E-state index in [1.165, 1.54) is 12.3 Å². The van der Waals surface area contributed by atoms with Crippen LogP contribution in [-0.2, 0) is 11.4 Å². The van der Waals surface area contributed by atoms with Crippen LogP contribution in [0.3, 0.4) is 0 Å². The van der Waals surface area contributed by atoms with E-state index in [0.29, 0.717) is 23.7 Å². The molecule has 1 amide bonds. The van der Waals surface area contributed by atoms with Crippen LogP contribution in [0.25, 0.3) is 0 Å². The lowest BCUT2D eigenvalue weighted by atomic mass is 10.2. The van der Waals surface area contributed by atoms with Gasteiger partial charge in [0.25, 0.3) is 5.91 Å². The lowest BCUT2D eigenvalue weighted by Gasteiger charge is -2.13. The molecule has 0 heterocycles. The number of benzene rings is 3. The Labute approximate surface area is 183 Å². The number of carbonyl (C=O) groups excluding carboxylic acids is 1. The number of hydrogen-bond acceptors (Lipinski definition) is 5. The number of phenols is 1. The van der Waals surface area contributed by atoms with E-state index in [2.05, 4.69) is 26.5 Å². The molecular formula is C23H21BrN2O4. The summed E-state index contributed by atoms with van der Waals surface area (Å²) in [4.78, 5) is 12.2. The number of rotatable bonds is 8. The van der Waals surface area contributed by atoms with Crippen LogP contribution in [0.1, 0.15) is 18.1 Å². The number of hydrazone groups is 1. The quantitative estimate of drug-likeness (QED) is 0.372. The molecule has 0 saturated carbocycles. The molecule has 3 aromatic carbocycles. The van der Waals surface area contributed by atoms with Gasteiger partial charge in [0.1, 0.15) is 23.9 Å². The van der Waals surface area contributed by atoms with E-state index in [1.54, 1.807) is 43.3 Å². The third-order valence-corrected chi connectivity index (χ3v) is 4.62. The molecule has 0 fully saturated rings. The topological polar surface area (TPSA) is 80.2 Å². The first-order chi connectivity index (χ1) is 14.5. The highest BCUT2D eigenvalue weighted by molar-refractivity contribution is 9.10. The van der Waals surface area contributed by atoms with Crippen LogP contribution in [0.4, 0.5) is 0 Å². The minimum absolute atomic E-state index is 0.0649. The first-order valence-electron chi connectivity index (χ1n) is 9.26. The van der Waals surface area contributed by atoms with Gasteiger partial charge in [-0.3, -0.25) is 4.79 Å². The summed E-state index contributed by atoms with van der Waals surface area (Å²) in [5.74, 6) is 0.903. The molecule has 0 radical (unpaired) electrons. The Morgan fingerprint density at radius 1 is 1.10 bits per heavy atom. The molecule has 0 saturated heterocycles. The van der Waals surface area contributed by atoms with Gasteiger partial charge in [-0.15, -0.1) is 0 Å². The van der Waals surface area contributed by atoms with Crippen LogP contribution in [0.5, 0.6) is 17.2 Å². The van der Waals surface area contributed by atoms with Crippen molar-refractivity contribution in [3.05, 3.63) is 88.4 Å². The monoisotopic (exact) mass is 468 g/mol. The maximum atomic E-state index is 12.2. The van der Waals surface area contributed by atoms with Gasteiger partial charge in [-0.2, -0.15) is 5.10 Å². The van der Waals surface area contributed by atoms with Crippen molar-refractivity contribution in [3.8, 4) is 17.2 Å². The first-order valence-corrected chi connectivity index (χ1v) is 10.1. The van der Waals surface area contributed by atoms with Crippen molar-refractivity contribution >= 4 is 28.1 Å². The van der Waals surface area contributed by atoms with Crippen molar-refractivity contribution in [2.75, 3.05) is 0 Å². The van der Waals surface area contributed by atoms with Crippen LogP contribution in [0.15, 0.2) is 82.4 Å². The number of ether oxygens (including phenoxy) is 2. The van der Waals surface area contributed by atoms with Crippen molar-refractivity contribution < 1.29 is 19.4 Å². The summed E-state index contributed by atoms with van der Waals surface area (Å²) in [6.45, 7) is 2.10. The summed E-state index contributed by atoms with van der Waals surface area (Å²) in [5, 5.41) is 13.6. The number of amides is 1. The molecule has 0 aliphatic rings. The van der Waals surface area contributed by atoms with Crippen LogP contribution >= 0.6 is 15.9 Å². The van der Waals surface area contributed by atoms with E-state index >= 15 is 0 Å². The minimum Gasteiger partial charge on any atom is -0.507 e. The average Bonchev–Trinajstić information content (AvgIpc) is 2.76. The molecule has 0 aromatic heterocycles. The number of aromatic hydroxyl groups is 1. The highest BCUT2D eigenvalue weighted by atomic mass is 79.9. The van der Waals surface area contributed by atoms with Crippen molar-refractivity contribution in [2.24, 2.45) is 5.10 Å². The molecule has 1 unspecified atom stereocenters. The predicted molar refractivity (Wildman–Crippen MR) is 119 cm³/mol. The van der Waals surface area contributed by atoms with Gasteiger partial charge in [0.05, 0.1) is 6.21 Å². The highest BCUT2D eigenvalue weighted by Crippen LogP contribution is 2.21. The zero-order chi connectivity index (χ0) is 21.3. The zero-order valence-electron chi connectivity index (χ0n) is 16.3. The maximum absolute atomic E-state index is 12.2. The fourth-order valence-electron chi connectivity index (χ4n) is 2.50. The minimum atomic E-state index is -0.755. The fraction of sp³-hybridized carbons (Fsp3) is 0.130. The second-order valence-electron chi connectivity index (χ2n) is 6.44. The fourth-order valence-corrected chi connectivity index (χ4v) is 2.88. The van der Waals surface area contributed by atoms with Gasteiger partial charge < -0.3 is 14.6 Å². The molecule has 1 atom stereocenters. The number of hydrogen-bond donors (Lipinski definition) is 2. The van der Waals surface area contributed by atoms with Gasteiger partial charge in [-0.1, -0.05) is 46.3 Å². The summed E-state index contributed by atoms with van der Waals surface area (Å²) in [6, 6.07) is 21.9. The molecule has 2 N–H and O–H groups in total. The van der Waals surface area contributed by atoms with Crippen molar-refractivity contribution in [3.63, 3.8) is 0 Å². The van der Waals surface area contributed by atoms with Crippen molar-refractivity contribution in [2.45, 2.75) is 19.6 Å². The Morgan fingerprint density at radius 2 is 1.80 bits per heavy atom. The summed E-state index contributed by atoms with van der Waals surface area (Å²) in [7, 11) is 0. The third-order valence-electron chi connectivity index (χ3n) is 4.12. The molecule has 0 spiro atoms. The molecule has 30 heavy (non-hydrogen) atoms. The lowest BCUT2D eigenvalue weighted by Crippen LogP contribution is -2.33. The maximum Gasteiger partial charge on any atom is 0.280 e. The lowest BCUT2D eigenvalue weighted by molar-refractivity contribution is -0.127. The molecule has 3 rings (SSSR count). The highest BCUT2D eigenvalue weighted by Gasteiger charge is 2.14. The van der Waals surface area contributed by atoms with Crippen molar-refractivity contribution in [1.29, 1.82) is 0 Å². The van der Waals surface area contributed by atoms with Gasteiger partial charge in [0.15, 0.2) is 6.10 Å². The van der Waals surface area contributed by atoms with E-state index in [9.17, 15) is 9.90 Å². The van der Waals surface area contributed by atoms with Gasteiger partial charge in [-0.05, 0) is 55.0 Å². The summed E-state index contributed by atoms with van der Waals surface area (Å²) >= 11 is 3.31. The van der Waals surface area contributed by atoms with Gasteiger partial charge in [-0.25, -0.2) is 5.43 Å². The summed E-state index contributed by atoms with van der Waals surface area (Å²) in [6.07, 6.45) is 0.609. The molecule has 3 aromatic rings. The van der Waals surface area contributed by atoms with Gasteiger partial charge >= 0.3 is 0 Å². The van der Waals surface area contributed by atoms with E-state index < -0.39 is 12.0 Å². The standard InChI is InChI=1S/C23H21BrN2O4/c1-16(23(28)26-25-14-18-13-19(24)7-12-22(18)27)30-21-10-8-20(9-11-21)29-15-17-5-3-2-4-6-17/h2-14,16,27H,15H2,1H3,(H,26,28)/b25-14+. The second kappa shape index (κ2) is 10.5. The molecule has 0 aliphatic carbocycles. The predicted octanol–water partition coefficient (Wildman–Crippen LogP) is 4.65. The van der Waals surface area contributed by atoms with Crippen LogP contribution in [0.2, 0.25) is 0 Å². The van der Waals surface area contributed by atoms with E-state index in [0.717, 1.165) is 10.0 Å². The average molecular weight is 469 g/mol. The summed E-state index contributed by atoms with van der Waals surface area (Å²) < 4.78 is 12.2. The molecular weight excluding hydrogens is 448 g/mol. The van der Waals surface area contributed by atoms with Crippen LogP contribution in [0, 0.1) is 0 Å². The number of nitrogens with one attached hydrogen (secondary N) is 1.